The maximum absolute atomic E-state index is 13.6. The lowest BCUT2D eigenvalue weighted by Crippen LogP contribution is -2.55. The van der Waals surface area contributed by atoms with Crippen molar-refractivity contribution in [2.75, 3.05) is 0 Å². The van der Waals surface area contributed by atoms with Crippen LogP contribution in [0.4, 0.5) is 4.39 Å². The predicted molar refractivity (Wildman–Crippen MR) is 71.5 cm³/mol. The highest BCUT2D eigenvalue weighted by Gasteiger charge is 2.36. The van der Waals surface area contributed by atoms with Crippen LogP contribution in [0.2, 0.25) is 0 Å². The van der Waals surface area contributed by atoms with Gasteiger partial charge in [0.2, 0.25) is 11.8 Å². The summed E-state index contributed by atoms with van der Waals surface area (Å²) in [7, 11) is 0. The number of piperidine rings is 1. The number of amides is 2. The lowest BCUT2D eigenvalue weighted by molar-refractivity contribution is -0.135. The van der Waals surface area contributed by atoms with E-state index in [0.29, 0.717) is 12.8 Å². The van der Waals surface area contributed by atoms with E-state index in [1.807, 2.05) is 12.1 Å². The van der Waals surface area contributed by atoms with Gasteiger partial charge in [0.25, 0.3) is 0 Å². The van der Waals surface area contributed by atoms with Crippen molar-refractivity contribution < 1.29 is 14.0 Å². The van der Waals surface area contributed by atoms with Crippen LogP contribution in [0, 0.1) is 5.82 Å². The fourth-order valence-electron chi connectivity index (χ4n) is 2.95. The Morgan fingerprint density at radius 2 is 1.95 bits per heavy atom. The Balaban J connectivity index is 1.53. The number of carbonyl (C=O) groups excluding carboxylic acids is 2. The minimum atomic E-state index is -0.292. The molecule has 5 heteroatoms. The summed E-state index contributed by atoms with van der Waals surface area (Å²) in [5.74, 6) is -0.375. The standard InChI is InChI=1S/C15H17FN2O2/c16-12-4-2-1-3-11(12)9-7-10(8-9)17-13-5-6-14(19)18-15(13)20/h1-4,9-10,13,17H,5-8H2,(H,18,19,20). The number of imide groups is 1. The molecule has 1 aromatic rings. The number of halogens is 1. The van der Waals surface area contributed by atoms with E-state index in [9.17, 15) is 14.0 Å². The largest absolute Gasteiger partial charge is 0.303 e. The summed E-state index contributed by atoms with van der Waals surface area (Å²) in [5.41, 5.74) is 0.758. The summed E-state index contributed by atoms with van der Waals surface area (Å²) in [4.78, 5) is 22.7. The smallest absolute Gasteiger partial charge is 0.243 e. The third kappa shape index (κ3) is 2.58. The molecule has 20 heavy (non-hydrogen) atoms. The highest BCUT2D eigenvalue weighted by molar-refractivity contribution is 6.00. The van der Waals surface area contributed by atoms with Gasteiger partial charge < -0.3 is 5.32 Å². The molecule has 1 heterocycles. The quantitative estimate of drug-likeness (QED) is 0.822. The third-order valence-corrected chi connectivity index (χ3v) is 4.16. The molecule has 2 fully saturated rings. The van der Waals surface area contributed by atoms with Gasteiger partial charge in [0.1, 0.15) is 5.82 Å². The summed E-state index contributed by atoms with van der Waals surface area (Å²) >= 11 is 0. The Bertz CT molecular complexity index is 540. The van der Waals surface area contributed by atoms with Gasteiger partial charge >= 0.3 is 0 Å². The first-order chi connectivity index (χ1) is 9.63. The van der Waals surface area contributed by atoms with Crippen molar-refractivity contribution in [3.05, 3.63) is 35.6 Å². The zero-order chi connectivity index (χ0) is 14.1. The fourth-order valence-corrected chi connectivity index (χ4v) is 2.95. The Morgan fingerprint density at radius 1 is 1.20 bits per heavy atom. The molecule has 1 saturated heterocycles. The first-order valence-electron chi connectivity index (χ1n) is 6.97. The summed E-state index contributed by atoms with van der Waals surface area (Å²) in [6.07, 6.45) is 2.59. The molecule has 0 aromatic heterocycles. The first kappa shape index (κ1) is 13.2. The number of hydrogen-bond donors (Lipinski definition) is 2. The number of nitrogens with one attached hydrogen (secondary N) is 2. The molecule has 1 saturated carbocycles. The van der Waals surface area contributed by atoms with Gasteiger partial charge in [-0.15, -0.1) is 0 Å². The maximum Gasteiger partial charge on any atom is 0.243 e. The van der Waals surface area contributed by atoms with Gasteiger partial charge in [0, 0.05) is 12.5 Å². The zero-order valence-electron chi connectivity index (χ0n) is 11.1. The molecular formula is C15H17FN2O2. The molecule has 106 valence electrons. The molecule has 1 aliphatic heterocycles. The molecule has 1 atom stereocenters. The van der Waals surface area contributed by atoms with Crippen molar-refractivity contribution in [2.45, 2.75) is 43.7 Å². The number of carbonyl (C=O) groups is 2. The Labute approximate surface area is 116 Å². The van der Waals surface area contributed by atoms with Crippen LogP contribution in [0.1, 0.15) is 37.2 Å². The molecule has 1 unspecified atom stereocenters. The minimum absolute atomic E-state index is 0.156. The monoisotopic (exact) mass is 276 g/mol. The van der Waals surface area contributed by atoms with Crippen molar-refractivity contribution in [3.63, 3.8) is 0 Å². The van der Waals surface area contributed by atoms with E-state index in [4.69, 9.17) is 0 Å². The van der Waals surface area contributed by atoms with E-state index in [0.717, 1.165) is 18.4 Å². The maximum atomic E-state index is 13.6. The van der Waals surface area contributed by atoms with Crippen molar-refractivity contribution in [2.24, 2.45) is 0 Å². The third-order valence-electron chi connectivity index (χ3n) is 4.16. The lowest BCUT2D eigenvalue weighted by Gasteiger charge is -2.39. The zero-order valence-corrected chi connectivity index (χ0v) is 11.1. The molecule has 3 rings (SSSR count). The second-order valence-corrected chi connectivity index (χ2v) is 5.56. The van der Waals surface area contributed by atoms with Gasteiger partial charge in [-0.25, -0.2) is 4.39 Å². The number of benzene rings is 1. The van der Waals surface area contributed by atoms with Crippen LogP contribution in [-0.4, -0.2) is 23.9 Å². The van der Waals surface area contributed by atoms with Gasteiger partial charge in [-0.3, -0.25) is 14.9 Å². The minimum Gasteiger partial charge on any atom is -0.303 e. The van der Waals surface area contributed by atoms with Crippen LogP contribution >= 0.6 is 0 Å². The Kier molecular flexibility index (Phi) is 3.53. The fraction of sp³-hybridized carbons (Fsp3) is 0.467. The van der Waals surface area contributed by atoms with Crippen LogP contribution < -0.4 is 10.6 Å². The molecule has 1 aliphatic carbocycles. The van der Waals surface area contributed by atoms with Gasteiger partial charge in [0.05, 0.1) is 6.04 Å². The van der Waals surface area contributed by atoms with Crippen LogP contribution in [0.15, 0.2) is 24.3 Å². The Morgan fingerprint density at radius 3 is 2.65 bits per heavy atom. The molecule has 4 nitrogen and oxygen atoms in total. The molecule has 2 N–H and O–H groups in total. The molecule has 0 radical (unpaired) electrons. The van der Waals surface area contributed by atoms with E-state index in [-0.39, 0.29) is 35.6 Å². The van der Waals surface area contributed by atoms with Crippen LogP contribution in [-0.2, 0) is 9.59 Å². The van der Waals surface area contributed by atoms with Crippen LogP contribution in [0.25, 0.3) is 0 Å². The SMILES string of the molecule is O=C1CCC(NC2CC(c3ccccc3F)C2)C(=O)N1. The Hall–Kier alpha value is -1.75. The second-order valence-electron chi connectivity index (χ2n) is 5.56. The molecular weight excluding hydrogens is 259 g/mol. The van der Waals surface area contributed by atoms with E-state index < -0.39 is 0 Å². The van der Waals surface area contributed by atoms with Crippen molar-refractivity contribution in [1.82, 2.24) is 10.6 Å². The lowest BCUT2D eigenvalue weighted by atomic mass is 9.75. The van der Waals surface area contributed by atoms with Crippen molar-refractivity contribution >= 4 is 11.8 Å². The second kappa shape index (κ2) is 5.32. The molecule has 2 aliphatic rings. The molecule has 2 amide bonds. The van der Waals surface area contributed by atoms with E-state index in [1.54, 1.807) is 6.07 Å². The van der Waals surface area contributed by atoms with Crippen molar-refractivity contribution in [3.8, 4) is 0 Å². The molecule has 0 spiro atoms. The highest BCUT2D eigenvalue weighted by atomic mass is 19.1. The average Bonchev–Trinajstić information content (AvgIpc) is 2.37. The topological polar surface area (TPSA) is 58.2 Å². The van der Waals surface area contributed by atoms with Gasteiger partial charge in [-0.1, -0.05) is 18.2 Å². The first-order valence-corrected chi connectivity index (χ1v) is 6.97. The van der Waals surface area contributed by atoms with Crippen LogP contribution in [0.5, 0.6) is 0 Å². The average molecular weight is 276 g/mol. The van der Waals surface area contributed by atoms with E-state index >= 15 is 0 Å². The van der Waals surface area contributed by atoms with Gasteiger partial charge in [0.15, 0.2) is 0 Å². The van der Waals surface area contributed by atoms with Gasteiger partial charge in [-0.2, -0.15) is 0 Å². The van der Waals surface area contributed by atoms with E-state index in [2.05, 4.69) is 10.6 Å². The highest BCUT2D eigenvalue weighted by Crippen LogP contribution is 2.38. The summed E-state index contributed by atoms with van der Waals surface area (Å²) in [5, 5.41) is 5.59. The van der Waals surface area contributed by atoms with Crippen molar-refractivity contribution in [1.29, 1.82) is 0 Å². The predicted octanol–water partition coefficient (Wildman–Crippen LogP) is 1.47. The van der Waals surface area contributed by atoms with Crippen LogP contribution in [0.3, 0.4) is 0 Å². The summed E-state index contributed by atoms with van der Waals surface area (Å²) in [6, 6.07) is 6.77. The number of rotatable bonds is 3. The van der Waals surface area contributed by atoms with Gasteiger partial charge in [-0.05, 0) is 36.8 Å². The summed E-state index contributed by atoms with van der Waals surface area (Å²) < 4.78 is 13.6. The van der Waals surface area contributed by atoms with E-state index in [1.165, 1.54) is 6.07 Å². The molecule has 1 aromatic carbocycles. The number of hydrogen-bond acceptors (Lipinski definition) is 3. The normalized spacial score (nSPS) is 29.8. The molecule has 0 bridgehead atoms. The summed E-state index contributed by atoms with van der Waals surface area (Å²) in [6.45, 7) is 0.